The first kappa shape index (κ1) is 53.1. The highest BCUT2D eigenvalue weighted by Gasteiger charge is 2.19. The molecular formula is C51H80O6. The summed E-state index contributed by atoms with van der Waals surface area (Å²) < 4.78 is 16.6. The summed E-state index contributed by atoms with van der Waals surface area (Å²) >= 11 is 0. The van der Waals surface area contributed by atoms with Crippen LogP contribution < -0.4 is 0 Å². The number of allylic oxidation sites excluding steroid dienone is 18. The van der Waals surface area contributed by atoms with Crippen molar-refractivity contribution in [3.05, 3.63) is 109 Å². The van der Waals surface area contributed by atoms with Crippen LogP contribution in [0.5, 0.6) is 0 Å². The minimum absolute atomic E-state index is 0.124. The van der Waals surface area contributed by atoms with E-state index in [2.05, 4.69) is 124 Å². The fourth-order valence-electron chi connectivity index (χ4n) is 5.47. The van der Waals surface area contributed by atoms with Crippen molar-refractivity contribution in [1.82, 2.24) is 0 Å². The summed E-state index contributed by atoms with van der Waals surface area (Å²) in [6, 6.07) is 0. The standard InChI is InChI=1S/C51H80O6/c1-4-7-10-13-16-19-21-23-24-25-26-28-29-32-35-38-41-44-50(53)56-47-48(46-55-49(52)43-40-37-34-31-18-15-12-9-6-3)57-51(54)45-42-39-36-33-30-27-22-20-17-14-11-8-5-2/h8-9,11-12,14,16-20,22-24,26,28,31-32,35,48H,4-7,10,13,15,21,25,27,29-30,33-34,36-47H2,1-3H3/b11-8-,12-9-,17-14-,19-16-,22-20-,24-23-,28-26-,31-18-,35-32-. The number of esters is 3. The van der Waals surface area contributed by atoms with Gasteiger partial charge in [-0.15, -0.1) is 0 Å². The van der Waals surface area contributed by atoms with Crippen LogP contribution in [-0.2, 0) is 28.6 Å². The summed E-state index contributed by atoms with van der Waals surface area (Å²) in [5.41, 5.74) is 0. The summed E-state index contributed by atoms with van der Waals surface area (Å²) in [5, 5.41) is 0. The van der Waals surface area contributed by atoms with Crippen LogP contribution in [0.25, 0.3) is 0 Å². The van der Waals surface area contributed by atoms with Crippen molar-refractivity contribution in [3.63, 3.8) is 0 Å². The van der Waals surface area contributed by atoms with E-state index >= 15 is 0 Å². The molecule has 320 valence electrons. The van der Waals surface area contributed by atoms with Gasteiger partial charge in [-0.25, -0.2) is 0 Å². The molecule has 0 aromatic carbocycles. The molecule has 6 heteroatoms. The Morgan fingerprint density at radius 1 is 0.386 bits per heavy atom. The minimum Gasteiger partial charge on any atom is -0.462 e. The van der Waals surface area contributed by atoms with Crippen molar-refractivity contribution in [2.24, 2.45) is 0 Å². The SMILES string of the molecule is CC\C=C/C=C\C=C/CCCCCCCC(=O)OC(COC(=O)CCC/C=C\C/C=C\C/C=C\C/C=C\CCCCC)COC(=O)CCCC/C=C\C/C=C\CC. The smallest absolute Gasteiger partial charge is 0.306 e. The molecule has 0 heterocycles. The second kappa shape index (κ2) is 44.8. The molecule has 6 nitrogen and oxygen atoms in total. The van der Waals surface area contributed by atoms with Crippen LogP contribution in [0.2, 0.25) is 0 Å². The summed E-state index contributed by atoms with van der Waals surface area (Å²) in [6.07, 6.45) is 59.4. The maximum absolute atomic E-state index is 12.7. The third-order valence-electron chi connectivity index (χ3n) is 8.80. The van der Waals surface area contributed by atoms with Gasteiger partial charge in [0.05, 0.1) is 0 Å². The van der Waals surface area contributed by atoms with Crippen molar-refractivity contribution < 1.29 is 28.6 Å². The van der Waals surface area contributed by atoms with E-state index in [0.717, 1.165) is 103 Å². The van der Waals surface area contributed by atoms with E-state index < -0.39 is 6.10 Å². The summed E-state index contributed by atoms with van der Waals surface area (Å²) in [7, 11) is 0. The topological polar surface area (TPSA) is 78.9 Å². The average Bonchev–Trinajstić information content (AvgIpc) is 3.21. The van der Waals surface area contributed by atoms with Crippen molar-refractivity contribution in [2.45, 2.75) is 181 Å². The van der Waals surface area contributed by atoms with Crippen LogP contribution in [0.1, 0.15) is 175 Å². The molecule has 0 aromatic rings. The van der Waals surface area contributed by atoms with E-state index in [9.17, 15) is 14.4 Å². The molecule has 1 unspecified atom stereocenters. The predicted molar refractivity (Wildman–Crippen MR) is 242 cm³/mol. The van der Waals surface area contributed by atoms with Crippen molar-refractivity contribution in [2.75, 3.05) is 13.2 Å². The minimum atomic E-state index is -0.823. The van der Waals surface area contributed by atoms with Gasteiger partial charge in [-0.3, -0.25) is 14.4 Å². The number of rotatable bonds is 38. The van der Waals surface area contributed by atoms with E-state index in [1.807, 2.05) is 6.08 Å². The molecule has 0 saturated heterocycles. The third-order valence-corrected chi connectivity index (χ3v) is 8.80. The highest BCUT2D eigenvalue weighted by Crippen LogP contribution is 2.11. The Kier molecular flexibility index (Phi) is 41.7. The zero-order valence-electron chi connectivity index (χ0n) is 36.3. The number of carbonyl (C=O) groups is 3. The van der Waals surface area contributed by atoms with Crippen molar-refractivity contribution >= 4 is 17.9 Å². The van der Waals surface area contributed by atoms with Crippen LogP contribution in [0.4, 0.5) is 0 Å². The highest BCUT2D eigenvalue weighted by atomic mass is 16.6. The van der Waals surface area contributed by atoms with Crippen LogP contribution >= 0.6 is 0 Å². The second-order valence-corrected chi connectivity index (χ2v) is 14.2. The lowest BCUT2D eigenvalue weighted by molar-refractivity contribution is -0.167. The van der Waals surface area contributed by atoms with Crippen LogP contribution in [0, 0.1) is 0 Å². The Hall–Kier alpha value is -3.93. The van der Waals surface area contributed by atoms with E-state index in [4.69, 9.17) is 14.2 Å². The molecule has 0 saturated carbocycles. The monoisotopic (exact) mass is 789 g/mol. The normalized spacial score (nSPS) is 13.1. The molecule has 0 aliphatic heterocycles. The fourth-order valence-corrected chi connectivity index (χ4v) is 5.47. The zero-order valence-corrected chi connectivity index (χ0v) is 36.3. The molecule has 0 radical (unpaired) electrons. The van der Waals surface area contributed by atoms with Gasteiger partial charge in [0.15, 0.2) is 6.10 Å². The van der Waals surface area contributed by atoms with Crippen LogP contribution in [-0.4, -0.2) is 37.2 Å². The van der Waals surface area contributed by atoms with Gasteiger partial charge in [-0.2, -0.15) is 0 Å². The number of ether oxygens (including phenoxy) is 3. The van der Waals surface area contributed by atoms with Gasteiger partial charge in [-0.05, 0) is 103 Å². The average molecular weight is 789 g/mol. The molecule has 0 fully saturated rings. The van der Waals surface area contributed by atoms with Crippen LogP contribution in [0.3, 0.4) is 0 Å². The number of hydrogen-bond donors (Lipinski definition) is 0. The maximum Gasteiger partial charge on any atom is 0.306 e. The van der Waals surface area contributed by atoms with E-state index in [1.54, 1.807) is 0 Å². The highest BCUT2D eigenvalue weighted by molar-refractivity contribution is 5.71. The maximum atomic E-state index is 12.7. The largest absolute Gasteiger partial charge is 0.462 e. The molecule has 0 spiro atoms. The number of hydrogen-bond acceptors (Lipinski definition) is 6. The van der Waals surface area contributed by atoms with Gasteiger partial charge in [-0.1, -0.05) is 162 Å². The first-order chi connectivity index (χ1) is 28.0. The van der Waals surface area contributed by atoms with Gasteiger partial charge in [0.1, 0.15) is 13.2 Å². The van der Waals surface area contributed by atoms with Gasteiger partial charge < -0.3 is 14.2 Å². The van der Waals surface area contributed by atoms with Gasteiger partial charge in [0.2, 0.25) is 0 Å². The molecule has 57 heavy (non-hydrogen) atoms. The molecule has 0 aliphatic carbocycles. The van der Waals surface area contributed by atoms with E-state index in [1.165, 1.54) is 25.7 Å². The molecule has 0 rings (SSSR count). The zero-order chi connectivity index (χ0) is 41.5. The molecule has 1 atom stereocenters. The summed E-state index contributed by atoms with van der Waals surface area (Å²) in [5.74, 6) is -1.05. The number of carbonyl (C=O) groups excluding carboxylic acids is 3. The molecule has 0 aliphatic rings. The van der Waals surface area contributed by atoms with Crippen LogP contribution in [0.15, 0.2) is 109 Å². The first-order valence-electron chi connectivity index (χ1n) is 22.4. The number of unbranched alkanes of at least 4 members (excludes halogenated alkanes) is 11. The Labute approximate surface area is 349 Å². The third kappa shape index (κ3) is 43.0. The Morgan fingerprint density at radius 2 is 0.789 bits per heavy atom. The lowest BCUT2D eigenvalue weighted by Gasteiger charge is -2.18. The molecule has 0 amide bonds. The second-order valence-electron chi connectivity index (χ2n) is 14.2. The van der Waals surface area contributed by atoms with Gasteiger partial charge in [0, 0.05) is 19.3 Å². The van der Waals surface area contributed by atoms with Crippen molar-refractivity contribution in [3.8, 4) is 0 Å². The quantitative estimate of drug-likeness (QED) is 0.0204. The van der Waals surface area contributed by atoms with Gasteiger partial charge >= 0.3 is 17.9 Å². The Balaban J connectivity index is 4.53. The molecule has 0 bridgehead atoms. The molecule has 0 aromatic heterocycles. The van der Waals surface area contributed by atoms with E-state index in [-0.39, 0.29) is 44.0 Å². The van der Waals surface area contributed by atoms with E-state index in [0.29, 0.717) is 12.8 Å². The Morgan fingerprint density at radius 3 is 1.37 bits per heavy atom. The lowest BCUT2D eigenvalue weighted by Crippen LogP contribution is -2.30. The first-order valence-corrected chi connectivity index (χ1v) is 22.4. The fraction of sp³-hybridized carbons (Fsp3) is 0.588. The molecular weight excluding hydrogens is 709 g/mol. The summed E-state index contributed by atoms with van der Waals surface area (Å²) in [6.45, 7) is 6.22. The lowest BCUT2D eigenvalue weighted by atomic mass is 10.1. The predicted octanol–water partition coefficient (Wildman–Crippen LogP) is 14.4. The van der Waals surface area contributed by atoms with Gasteiger partial charge in [0.25, 0.3) is 0 Å². The Bertz CT molecular complexity index is 1230. The summed E-state index contributed by atoms with van der Waals surface area (Å²) in [4.78, 5) is 37.6. The van der Waals surface area contributed by atoms with Crippen molar-refractivity contribution in [1.29, 1.82) is 0 Å². The molecule has 0 N–H and O–H groups in total.